The van der Waals surface area contributed by atoms with E-state index in [0.717, 1.165) is 24.1 Å². The van der Waals surface area contributed by atoms with Gasteiger partial charge in [-0.15, -0.1) is 0 Å². The molecular weight excluding hydrogens is 331 g/mol. The van der Waals surface area contributed by atoms with Gasteiger partial charge in [-0.3, -0.25) is 0 Å². The van der Waals surface area contributed by atoms with E-state index in [1.165, 1.54) is 18.5 Å². The Kier molecular flexibility index (Phi) is 4.23. The van der Waals surface area contributed by atoms with Crippen LogP contribution in [-0.2, 0) is 12.7 Å². The Morgan fingerprint density at radius 1 is 1.24 bits per heavy atom. The van der Waals surface area contributed by atoms with Crippen molar-refractivity contribution < 1.29 is 18.3 Å². The zero-order valence-corrected chi connectivity index (χ0v) is 14.1. The molecule has 0 aliphatic heterocycles. The predicted molar refractivity (Wildman–Crippen MR) is 87.4 cm³/mol. The minimum atomic E-state index is -4.35. The molecule has 134 valence electrons. The summed E-state index contributed by atoms with van der Waals surface area (Å²) in [6, 6.07) is 4.97. The number of halogens is 3. The van der Waals surface area contributed by atoms with Crippen LogP contribution in [0.2, 0.25) is 0 Å². The van der Waals surface area contributed by atoms with E-state index in [0.29, 0.717) is 12.0 Å². The first-order valence-electron chi connectivity index (χ1n) is 8.05. The molecule has 1 aliphatic rings. The minimum absolute atomic E-state index is 0.256. The Hall–Kier alpha value is -2.15. The van der Waals surface area contributed by atoms with Gasteiger partial charge in [-0.05, 0) is 41.5 Å². The molecule has 1 saturated carbocycles. The zero-order valence-electron chi connectivity index (χ0n) is 14.1. The highest BCUT2D eigenvalue weighted by atomic mass is 19.4. The normalized spacial score (nSPS) is 24.8. The molecule has 1 aromatic carbocycles. The number of aromatic nitrogens is 3. The number of hydrogen-bond acceptors (Lipinski definition) is 3. The van der Waals surface area contributed by atoms with Gasteiger partial charge in [0.05, 0.1) is 12.1 Å². The zero-order chi connectivity index (χ0) is 18.3. The molecule has 7 heteroatoms. The Morgan fingerprint density at radius 2 is 1.92 bits per heavy atom. The van der Waals surface area contributed by atoms with E-state index >= 15 is 0 Å². The van der Waals surface area contributed by atoms with E-state index < -0.39 is 17.3 Å². The number of nitrogens with zero attached hydrogens (tertiary/aromatic N) is 3. The molecule has 0 saturated heterocycles. The Balaban J connectivity index is 1.93. The molecule has 25 heavy (non-hydrogen) atoms. The summed E-state index contributed by atoms with van der Waals surface area (Å²) in [5.41, 5.74) is -0.759. The number of rotatable bonds is 3. The third-order valence-electron chi connectivity index (χ3n) is 5.11. The Labute approximate surface area is 144 Å². The van der Waals surface area contributed by atoms with E-state index in [9.17, 15) is 18.3 Å². The number of benzene rings is 1. The van der Waals surface area contributed by atoms with E-state index in [1.807, 2.05) is 13.8 Å². The first-order chi connectivity index (χ1) is 11.6. The maximum absolute atomic E-state index is 12.7. The van der Waals surface area contributed by atoms with Gasteiger partial charge in [-0.1, -0.05) is 32.1 Å². The number of hydrogen-bond donors (Lipinski definition) is 1. The molecule has 0 amide bonds. The van der Waals surface area contributed by atoms with Crippen molar-refractivity contribution in [1.82, 2.24) is 14.8 Å². The third-order valence-corrected chi connectivity index (χ3v) is 5.11. The van der Waals surface area contributed by atoms with Crippen LogP contribution in [0.3, 0.4) is 0 Å². The van der Waals surface area contributed by atoms with Crippen molar-refractivity contribution in [3.05, 3.63) is 53.6 Å². The lowest BCUT2D eigenvalue weighted by Crippen LogP contribution is -2.45. The lowest BCUT2D eigenvalue weighted by molar-refractivity contribution is -0.137. The largest absolute Gasteiger partial charge is 0.416 e. The van der Waals surface area contributed by atoms with Crippen LogP contribution in [0.5, 0.6) is 0 Å². The summed E-state index contributed by atoms with van der Waals surface area (Å²) >= 11 is 0. The number of alkyl halides is 3. The van der Waals surface area contributed by atoms with E-state index in [4.69, 9.17) is 0 Å². The highest BCUT2D eigenvalue weighted by Gasteiger charge is 2.51. The van der Waals surface area contributed by atoms with E-state index in [1.54, 1.807) is 17.1 Å². The van der Waals surface area contributed by atoms with Gasteiger partial charge in [-0.2, -0.15) is 18.3 Å². The van der Waals surface area contributed by atoms with Crippen LogP contribution in [-0.4, -0.2) is 25.5 Å². The van der Waals surface area contributed by atoms with E-state index in [-0.39, 0.29) is 12.0 Å². The SMILES string of the molecule is CC1(C)CC/C(=C/c2ccc(C(F)(F)F)cc2)C1(O)Cn1cncn1. The minimum Gasteiger partial charge on any atom is -0.383 e. The summed E-state index contributed by atoms with van der Waals surface area (Å²) in [6.45, 7) is 4.22. The second-order valence-electron chi connectivity index (χ2n) is 7.13. The Bertz CT molecular complexity index is 764. The van der Waals surface area contributed by atoms with Gasteiger partial charge >= 0.3 is 6.18 Å². The predicted octanol–water partition coefficient (Wildman–Crippen LogP) is 3.93. The summed E-state index contributed by atoms with van der Waals surface area (Å²) < 4.78 is 39.6. The van der Waals surface area contributed by atoms with Crippen LogP contribution in [0.1, 0.15) is 37.8 Å². The van der Waals surface area contributed by atoms with Gasteiger partial charge in [-0.25, -0.2) is 9.67 Å². The van der Waals surface area contributed by atoms with Crippen molar-refractivity contribution in [3.8, 4) is 0 Å². The van der Waals surface area contributed by atoms with Gasteiger partial charge in [0.15, 0.2) is 0 Å². The molecule has 1 heterocycles. The number of aliphatic hydroxyl groups is 1. The fraction of sp³-hybridized carbons (Fsp3) is 0.444. The van der Waals surface area contributed by atoms with Gasteiger partial charge in [0.1, 0.15) is 18.3 Å². The van der Waals surface area contributed by atoms with Crippen LogP contribution in [0, 0.1) is 5.41 Å². The fourth-order valence-electron chi connectivity index (χ4n) is 3.32. The maximum Gasteiger partial charge on any atom is 0.416 e. The molecule has 4 nitrogen and oxygen atoms in total. The molecule has 0 spiro atoms. The molecule has 1 aromatic heterocycles. The average Bonchev–Trinajstić information content (AvgIpc) is 3.10. The van der Waals surface area contributed by atoms with Crippen molar-refractivity contribution in [1.29, 1.82) is 0 Å². The molecular formula is C18H20F3N3O. The van der Waals surface area contributed by atoms with Crippen molar-refractivity contribution in [3.63, 3.8) is 0 Å². The van der Waals surface area contributed by atoms with Crippen LogP contribution in [0.15, 0.2) is 42.5 Å². The maximum atomic E-state index is 12.7. The molecule has 0 radical (unpaired) electrons. The lowest BCUT2D eigenvalue weighted by Gasteiger charge is -2.37. The van der Waals surface area contributed by atoms with Crippen LogP contribution >= 0.6 is 0 Å². The van der Waals surface area contributed by atoms with Gasteiger partial charge < -0.3 is 5.11 Å². The molecule has 1 N–H and O–H groups in total. The van der Waals surface area contributed by atoms with Crippen LogP contribution in [0.25, 0.3) is 6.08 Å². The third kappa shape index (κ3) is 3.33. The molecule has 1 fully saturated rings. The monoisotopic (exact) mass is 351 g/mol. The average molecular weight is 351 g/mol. The van der Waals surface area contributed by atoms with Crippen molar-refractivity contribution in [2.75, 3.05) is 0 Å². The fourth-order valence-corrected chi connectivity index (χ4v) is 3.32. The van der Waals surface area contributed by atoms with E-state index in [2.05, 4.69) is 10.1 Å². The highest BCUT2D eigenvalue weighted by molar-refractivity contribution is 5.57. The molecule has 1 aliphatic carbocycles. The van der Waals surface area contributed by atoms with Gasteiger partial charge in [0, 0.05) is 0 Å². The second-order valence-corrected chi connectivity index (χ2v) is 7.13. The van der Waals surface area contributed by atoms with Crippen molar-refractivity contribution in [2.45, 2.75) is 45.0 Å². The molecule has 0 bridgehead atoms. The Morgan fingerprint density at radius 3 is 2.48 bits per heavy atom. The lowest BCUT2D eigenvalue weighted by atomic mass is 9.76. The highest BCUT2D eigenvalue weighted by Crippen LogP contribution is 2.50. The van der Waals surface area contributed by atoms with Crippen molar-refractivity contribution >= 4 is 6.08 Å². The molecule has 2 aromatic rings. The quantitative estimate of drug-likeness (QED) is 0.911. The summed E-state index contributed by atoms with van der Waals surface area (Å²) in [7, 11) is 0. The smallest absolute Gasteiger partial charge is 0.383 e. The second kappa shape index (κ2) is 5.98. The summed E-state index contributed by atoms with van der Waals surface area (Å²) in [4.78, 5) is 3.90. The summed E-state index contributed by atoms with van der Waals surface area (Å²) in [5, 5.41) is 15.4. The molecule has 1 unspecified atom stereocenters. The first-order valence-corrected chi connectivity index (χ1v) is 8.05. The summed E-state index contributed by atoms with van der Waals surface area (Å²) in [6.07, 6.45) is 1.84. The van der Waals surface area contributed by atoms with Crippen molar-refractivity contribution in [2.24, 2.45) is 5.41 Å². The van der Waals surface area contributed by atoms with Crippen LogP contribution in [0.4, 0.5) is 13.2 Å². The summed E-state index contributed by atoms with van der Waals surface area (Å²) in [5.74, 6) is 0. The topological polar surface area (TPSA) is 50.9 Å². The van der Waals surface area contributed by atoms with Gasteiger partial charge in [0.2, 0.25) is 0 Å². The standard InChI is InChI=1S/C18H20F3N3O/c1-16(2)8-7-15(17(16,25)10-24-12-22-11-23-24)9-13-3-5-14(6-4-13)18(19,20)21/h3-6,9,11-12,25H,7-8,10H2,1-2H3/b15-9-. The first kappa shape index (κ1) is 17.7. The molecule has 3 rings (SSSR count). The van der Waals surface area contributed by atoms with Gasteiger partial charge in [0.25, 0.3) is 0 Å². The van der Waals surface area contributed by atoms with Crippen LogP contribution < -0.4 is 0 Å². The molecule has 1 atom stereocenters.